The summed E-state index contributed by atoms with van der Waals surface area (Å²) in [4.78, 5) is 11.8. The molecule has 0 atom stereocenters. The van der Waals surface area contributed by atoms with Crippen molar-refractivity contribution in [2.24, 2.45) is 5.73 Å². The molecule has 0 heterocycles. The van der Waals surface area contributed by atoms with E-state index in [2.05, 4.69) is 24.4 Å². The first kappa shape index (κ1) is 28.2. The Labute approximate surface area is 182 Å². The zero-order chi connectivity index (χ0) is 21.3. The van der Waals surface area contributed by atoms with Crippen LogP contribution in [0.25, 0.3) is 0 Å². The van der Waals surface area contributed by atoms with Gasteiger partial charge >= 0.3 is 0 Å². The molecule has 0 saturated carbocycles. The molecular formula is C26H52N2O. The van der Waals surface area contributed by atoms with Crippen molar-refractivity contribution in [3.8, 4) is 0 Å². The number of hydrogen-bond donors (Lipinski definition) is 2. The van der Waals surface area contributed by atoms with Gasteiger partial charge in [0.25, 0.3) is 0 Å². The summed E-state index contributed by atoms with van der Waals surface area (Å²) in [6.07, 6.45) is 29.6. The molecule has 0 aromatic rings. The van der Waals surface area contributed by atoms with Crippen LogP contribution < -0.4 is 11.1 Å². The van der Waals surface area contributed by atoms with E-state index in [1.54, 1.807) is 0 Å². The Balaban J connectivity index is 3.19. The lowest BCUT2D eigenvalue weighted by atomic mass is 10.1. The first-order valence-corrected chi connectivity index (χ1v) is 12.9. The fourth-order valence-corrected chi connectivity index (χ4v) is 3.65. The van der Waals surface area contributed by atoms with Gasteiger partial charge in [0.05, 0.1) is 0 Å². The van der Waals surface area contributed by atoms with Gasteiger partial charge in [0.2, 0.25) is 5.91 Å². The Morgan fingerprint density at radius 3 is 1.72 bits per heavy atom. The predicted molar refractivity (Wildman–Crippen MR) is 129 cm³/mol. The second-order valence-electron chi connectivity index (χ2n) is 8.59. The van der Waals surface area contributed by atoms with Crippen molar-refractivity contribution in [3.05, 3.63) is 12.2 Å². The van der Waals surface area contributed by atoms with Crippen molar-refractivity contribution in [2.45, 2.75) is 135 Å². The monoisotopic (exact) mass is 408 g/mol. The van der Waals surface area contributed by atoms with E-state index in [1.165, 1.54) is 103 Å². The van der Waals surface area contributed by atoms with Gasteiger partial charge in [0, 0.05) is 13.0 Å². The first-order valence-electron chi connectivity index (χ1n) is 12.9. The number of carbonyl (C=O) groups excluding carboxylic acids is 1. The van der Waals surface area contributed by atoms with Gasteiger partial charge in [-0.1, -0.05) is 96.1 Å². The van der Waals surface area contributed by atoms with Gasteiger partial charge in [-0.3, -0.25) is 4.79 Å². The van der Waals surface area contributed by atoms with Crippen LogP contribution in [0.5, 0.6) is 0 Å². The summed E-state index contributed by atoms with van der Waals surface area (Å²) in [5.74, 6) is 0.241. The Hall–Kier alpha value is -0.830. The maximum atomic E-state index is 11.8. The van der Waals surface area contributed by atoms with Crippen molar-refractivity contribution in [2.75, 3.05) is 13.1 Å². The Morgan fingerprint density at radius 2 is 1.14 bits per heavy atom. The summed E-state index contributed by atoms with van der Waals surface area (Å²) in [6, 6.07) is 0. The summed E-state index contributed by atoms with van der Waals surface area (Å²) in [5.41, 5.74) is 5.49. The molecule has 0 aliphatic carbocycles. The zero-order valence-electron chi connectivity index (χ0n) is 19.7. The third-order valence-electron chi connectivity index (χ3n) is 5.62. The van der Waals surface area contributed by atoms with E-state index in [1.807, 2.05) is 0 Å². The van der Waals surface area contributed by atoms with Gasteiger partial charge < -0.3 is 11.1 Å². The topological polar surface area (TPSA) is 55.1 Å². The molecule has 3 nitrogen and oxygen atoms in total. The molecule has 0 rings (SSSR count). The van der Waals surface area contributed by atoms with Gasteiger partial charge in [-0.05, 0) is 51.5 Å². The minimum Gasteiger partial charge on any atom is -0.356 e. The molecule has 0 aromatic heterocycles. The Morgan fingerprint density at radius 1 is 0.655 bits per heavy atom. The number of nitrogens with two attached hydrogens (primary N) is 1. The van der Waals surface area contributed by atoms with Gasteiger partial charge in [-0.15, -0.1) is 0 Å². The first-order chi connectivity index (χ1) is 14.3. The highest BCUT2D eigenvalue weighted by molar-refractivity contribution is 5.75. The normalized spacial score (nSPS) is 11.4. The summed E-state index contributed by atoms with van der Waals surface area (Å²) in [7, 11) is 0. The van der Waals surface area contributed by atoms with E-state index >= 15 is 0 Å². The third-order valence-corrected chi connectivity index (χ3v) is 5.62. The minimum atomic E-state index is 0.241. The van der Waals surface area contributed by atoms with E-state index in [4.69, 9.17) is 5.73 Å². The van der Waals surface area contributed by atoms with Gasteiger partial charge in [0.1, 0.15) is 0 Å². The lowest BCUT2D eigenvalue weighted by Gasteiger charge is -2.05. The molecule has 3 N–H and O–H groups in total. The van der Waals surface area contributed by atoms with Crippen LogP contribution >= 0.6 is 0 Å². The maximum absolute atomic E-state index is 11.8. The highest BCUT2D eigenvalue weighted by Crippen LogP contribution is 2.10. The summed E-state index contributed by atoms with van der Waals surface area (Å²) < 4.78 is 0. The Bertz CT molecular complexity index is 355. The molecule has 0 fully saturated rings. The van der Waals surface area contributed by atoms with Crippen molar-refractivity contribution in [1.82, 2.24) is 5.32 Å². The van der Waals surface area contributed by atoms with E-state index in [-0.39, 0.29) is 5.91 Å². The molecule has 0 aromatic carbocycles. The summed E-state index contributed by atoms with van der Waals surface area (Å²) >= 11 is 0. The molecule has 0 bridgehead atoms. The molecule has 29 heavy (non-hydrogen) atoms. The van der Waals surface area contributed by atoms with E-state index in [0.717, 1.165) is 32.4 Å². The van der Waals surface area contributed by atoms with Crippen LogP contribution in [0.1, 0.15) is 135 Å². The predicted octanol–water partition coefficient (Wildman–Crippen LogP) is 7.44. The standard InChI is InChI=1S/C26H52N2O/c1-2-3-4-5-6-7-8-9-10-11-12-13-14-17-20-23-26(29)28-25-22-19-16-15-18-21-24-27/h9-10H,2-8,11-25,27H2,1H3,(H,28,29)/b10-9-. The van der Waals surface area contributed by atoms with Crippen LogP contribution in [0.15, 0.2) is 12.2 Å². The van der Waals surface area contributed by atoms with Crippen molar-refractivity contribution < 1.29 is 4.79 Å². The molecule has 3 heteroatoms. The van der Waals surface area contributed by atoms with E-state index in [0.29, 0.717) is 6.42 Å². The largest absolute Gasteiger partial charge is 0.356 e. The average Bonchev–Trinajstić information content (AvgIpc) is 2.72. The molecule has 0 unspecified atom stereocenters. The summed E-state index contributed by atoms with van der Waals surface area (Å²) in [6.45, 7) is 3.93. The number of carbonyl (C=O) groups is 1. The highest BCUT2D eigenvalue weighted by Gasteiger charge is 2.00. The molecule has 1 amide bonds. The van der Waals surface area contributed by atoms with Crippen LogP contribution in [0.4, 0.5) is 0 Å². The zero-order valence-corrected chi connectivity index (χ0v) is 19.7. The number of hydrogen-bond acceptors (Lipinski definition) is 2. The van der Waals surface area contributed by atoms with E-state index < -0.39 is 0 Å². The Kier molecular flexibility index (Phi) is 24.5. The second kappa shape index (κ2) is 25.2. The molecule has 0 radical (unpaired) electrons. The molecule has 172 valence electrons. The lowest BCUT2D eigenvalue weighted by molar-refractivity contribution is -0.121. The van der Waals surface area contributed by atoms with Crippen LogP contribution in [0.3, 0.4) is 0 Å². The fourth-order valence-electron chi connectivity index (χ4n) is 3.65. The lowest BCUT2D eigenvalue weighted by Crippen LogP contribution is -2.23. The van der Waals surface area contributed by atoms with Crippen molar-refractivity contribution in [3.63, 3.8) is 0 Å². The smallest absolute Gasteiger partial charge is 0.219 e. The SMILES string of the molecule is CCCCCCCC/C=C\CCCCCCCC(=O)NCCCCCCCCN. The fraction of sp³-hybridized carbons (Fsp3) is 0.885. The number of rotatable bonds is 23. The number of amides is 1. The van der Waals surface area contributed by atoms with Gasteiger partial charge in [0.15, 0.2) is 0 Å². The minimum absolute atomic E-state index is 0.241. The quantitative estimate of drug-likeness (QED) is 0.136. The van der Waals surface area contributed by atoms with Crippen LogP contribution in [0, 0.1) is 0 Å². The number of unbranched alkanes of at least 4 members (excludes halogenated alkanes) is 16. The van der Waals surface area contributed by atoms with Gasteiger partial charge in [-0.2, -0.15) is 0 Å². The van der Waals surface area contributed by atoms with Crippen LogP contribution in [-0.2, 0) is 4.79 Å². The van der Waals surface area contributed by atoms with Crippen molar-refractivity contribution in [1.29, 1.82) is 0 Å². The maximum Gasteiger partial charge on any atom is 0.219 e. The second-order valence-corrected chi connectivity index (χ2v) is 8.59. The average molecular weight is 409 g/mol. The van der Waals surface area contributed by atoms with Crippen molar-refractivity contribution >= 4 is 5.91 Å². The third kappa shape index (κ3) is 25.1. The van der Waals surface area contributed by atoms with E-state index in [9.17, 15) is 4.79 Å². The number of nitrogens with one attached hydrogen (secondary N) is 1. The summed E-state index contributed by atoms with van der Waals surface area (Å²) in [5, 5.41) is 3.07. The molecule has 0 spiro atoms. The highest BCUT2D eigenvalue weighted by atomic mass is 16.1. The molecule has 0 aliphatic heterocycles. The number of allylic oxidation sites excluding steroid dienone is 2. The van der Waals surface area contributed by atoms with Crippen LogP contribution in [0.2, 0.25) is 0 Å². The van der Waals surface area contributed by atoms with Gasteiger partial charge in [-0.25, -0.2) is 0 Å². The molecular weight excluding hydrogens is 356 g/mol. The van der Waals surface area contributed by atoms with Crippen LogP contribution in [-0.4, -0.2) is 19.0 Å². The molecule has 0 saturated heterocycles. The molecule has 0 aliphatic rings.